The molecule has 4 aromatic heterocycles. The van der Waals surface area contributed by atoms with Crippen LogP contribution in [-0.4, -0.2) is 65.4 Å². The first-order valence-electron chi connectivity index (χ1n) is 15.6. The Bertz CT molecular complexity index is 1740. The maximum Gasteiger partial charge on any atom is 0.138 e. The van der Waals surface area contributed by atoms with Gasteiger partial charge in [0.1, 0.15) is 24.7 Å². The molecule has 0 saturated heterocycles. The normalized spacial score (nSPS) is 11.4. The van der Waals surface area contributed by atoms with Crippen molar-refractivity contribution in [3.8, 4) is 11.5 Å². The van der Waals surface area contributed by atoms with Gasteiger partial charge in [0.05, 0.1) is 40.5 Å². The fourth-order valence-electron chi connectivity index (χ4n) is 5.35. The molecule has 6 rings (SSSR count). The number of aromatic nitrogens is 4. The summed E-state index contributed by atoms with van der Waals surface area (Å²) < 4.78 is 12.5. The van der Waals surface area contributed by atoms with Crippen LogP contribution in [0.15, 0.2) is 85.5 Å². The first-order valence-corrected chi connectivity index (χ1v) is 21.2. The van der Waals surface area contributed by atoms with E-state index in [1.807, 2.05) is 36.4 Å². The van der Waals surface area contributed by atoms with Crippen molar-refractivity contribution in [1.82, 2.24) is 25.3 Å². The molecule has 0 unspecified atom stereocenters. The summed E-state index contributed by atoms with van der Waals surface area (Å²) >= 11 is -0.472. The Balaban J connectivity index is 0.00000139. The van der Waals surface area contributed by atoms with E-state index < -0.39 is 16.5 Å². The van der Waals surface area contributed by atoms with Crippen molar-refractivity contribution < 1.29 is 26.0 Å². The Labute approximate surface area is 291 Å². The number of nitrogens with zero attached hydrogens (tertiary/aromatic N) is 5. The van der Waals surface area contributed by atoms with Crippen molar-refractivity contribution in [1.29, 1.82) is 0 Å². The largest absolute Gasteiger partial charge is 0.679 e. The van der Waals surface area contributed by atoms with E-state index in [9.17, 15) is 0 Å². The molecule has 4 heterocycles. The topological polar surface area (TPSA) is 120 Å². The number of nitrogens with one attached hydrogen (secondary N) is 2. The molecule has 2 aromatic carbocycles. The van der Waals surface area contributed by atoms with E-state index in [1.165, 1.54) is 0 Å². The number of benzene rings is 2. The zero-order valence-corrected chi connectivity index (χ0v) is 29.6. The van der Waals surface area contributed by atoms with Gasteiger partial charge in [-0.05, 0) is 37.2 Å². The zero-order chi connectivity index (χ0) is 32.7. The predicted molar refractivity (Wildman–Crippen MR) is 189 cm³/mol. The van der Waals surface area contributed by atoms with Gasteiger partial charge in [-0.3, -0.25) is 19.9 Å². The number of halogens is 2. The molecule has 2 N–H and O–H groups in total. The SMILES string of the molecule is [Cl][Pt+2][Cl].[NH-]CC[N-]CCCCCCNC(COc1cnc2c(ccc3cccnc32)c1)COc1cnc2c(ccc3cccnc32)c1. The number of hydrogen-bond donors (Lipinski definition) is 1. The van der Waals surface area contributed by atoms with E-state index in [0.29, 0.717) is 37.8 Å². The van der Waals surface area contributed by atoms with Gasteiger partial charge < -0.3 is 25.8 Å². The molecule has 0 fully saturated rings. The number of hydrogen-bond acceptors (Lipinski definition) is 7. The number of pyridine rings is 4. The quantitative estimate of drug-likeness (QED) is 0.0765. The van der Waals surface area contributed by atoms with E-state index in [4.69, 9.17) is 34.0 Å². The number of ether oxygens (including phenoxy) is 2. The molecular weight excluding hydrogens is 816 g/mol. The summed E-state index contributed by atoms with van der Waals surface area (Å²) in [6.45, 7) is 3.60. The second-order valence-corrected chi connectivity index (χ2v) is 14.2. The summed E-state index contributed by atoms with van der Waals surface area (Å²) in [6, 6.07) is 20.2. The molecule has 0 spiro atoms. The van der Waals surface area contributed by atoms with Crippen LogP contribution in [0.25, 0.3) is 54.7 Å². The molecule has 0 amide bonds. The van der Waals surface area contributed by atoms with E-state index in [2.05, 4.69) is 54.8 Å². The summed E-state index contributed by atoms with van der Waals surface area (Å²) in [7, 11) is 9.75. The van der Waals surface area contributed by atoms with Crippen LogP contribution < -0.4 is 14.8 Å². The molecule has 0 aliphatic rings. The monoisotopic (exact) mass is 852 g/mol. The van der Waals surface area contributed by atoms with Gasteiger partial charge in [-0.1, -0.05) is 55.7 Å². The second-order valence-electron chi connectivity index (χ2n) is 10.9. The molecule has 0 aliphatic heterocycles. The fourth-order valence-corrected chi connectivity index (χ4v) is 5.35. The second kappa shape index (κ2) is 19.0. The first kappa shape index (κ1) is 35.1. The molecule has 12 heteroatoms. The maximum absolute atomic E-state index is 7.19. The smallest absolute Gasteiger partial charge is 0.138 e. The van der Waals surface area contributed by atoms with Crippen LogP contribution in [0, 0.1) is 0 Å². The fraction of sp³-hybridized carbons (Fsp3) is 0.314. The molecule has 0 atom stereocenters. The van der Waals surface area contributed by atoms with Crippen molar-refractivity contribution in [2.75, 3.05) is 39.4 Å². The Kier molecular flexibility index (Phi) is 14.2. The van der Waals surface area contributed by atoms with Crippen molar-refractivity contribution in [3.05, 3.63) is 96.5 Å². The van der Waals surface area contributed by atoms with Gasteiger partial charge in [0.2, 0.25) is 0 Å². The van der Waals surface area contributed by atoms with Gasteiger partial charge in [-0.2, -0.15) is 13.1 Å². The van der Waals surface area contributed by atoms with Gasteiger partial charge in [-0.15, -0.1) is 6.54 Å². The van der Waals surface area contributed by atoms with Crippen LogP contribution in [0.2, 0.25) is 0 Å². The summed E-state index contributed by atoms with van der Waals surface area (Å²) in [5.41, 5.74) is 10.7. The average Bonchev–Trinajstić information content (AvgIpc) is 3.11. The molecule has 0 radical (unpaired) electrons. The van der Waals surface area contributed by atoms with Crippen LogP contribution in [0.3, 0.4) is 0 Å². The minimum atomic E-state index is -0.472. The number of rotatable bonds is 16. The van der Waals surface area contributed by atoms with Gasteiger partial charge in [-0.25, -0.2) is 0 Å². The third kappa shape index (κ3) is 10.2. The van der Waals surface area contributed by atoms with Crippen LogP contribution in [0.1, 0.15) is 25.7 Å². The number of unbranched alkanes of at least 4 members (excludes halogenated alkanes) is 3. The third-order valence-corrected chi connectivity index (χ3v) is 7.64. The average molecular weight is 854 g/mol. The van der Waals surface area contributed by atoms with Crippen LogP contribution in [0.5, 0.6) is 11.5 Å². The Morgan fingerprint density at radius 1 is 0.681 bits per heavy atom. The summed E-state index contributed by atoms with van der Waals surface area (Å²) in [5.74, 6) is 1.42. The van der Waals surface area contributed by atoms with Crippen LogP contribution in [0.4, 0.5) is 0 Å². The molecule has 47 heavy (non-hydrogen) atoms. The molecule has 248 valence electrons. The van der Waals surface area contributed by atoms with Crippen molar-refractivity contribution in [2.24, 2.45) is 0 Å². The Morgan fingerprint density at radius 2 is 1.19 bits per heavy atom. The number of fused-ring (bicyclic) bond motifs is 6. The van der Waals surface area contributed by atoms with Gasteiger partial charge in [0, 0.05) is 33.9 Å². The maximum atomic E-state index is 7.19. The Hall–Kier alpha value is -3.17. The van der Waals surface area contributed by atoms with Gasteiger partial charge >= 0.3 is 35.3 Å². The van der Waals surface area contributed by atoms with E-state index >= 15 is 0 Å². The third-order valence-electron chi connectivity index (χ3n) is 7.64. The van der Waals surface area contributed by atoms with Gasteiger partial charge in [0.15, 0.2) is 0 Å². The molecule has 9 nitrogen and oxygen atoms in total. The van der Waals surface area contributed by atoms with E-state index in [1.54, 1.807) is 24.8 Å². The summed E-state index contributed by atoms with van der Waals surface area (Å²) in [6.07, 6.45) is 11.5. The standard InChI is InChI=1S/C35H37N7O2.2ClH.Pt/c36-13-18-37-14-3-1-2-4-15-38-29(23-43-30-19-27-11-9-25-7-5-16-39-32(25)34(27)41-21-30)24-44-31-20-28-12-10-26-8-6-17-40-33(26)35(28)42-22-31;;;/h5-12,16-17,19-22,29,36,38H,1-4,13-15,18,23-24H2;2*1H;/q-2;;;+4/p-2. The predicted octanol–water partition coefficient (Wildman–Crippen LogP) is 8.66. The zero-order valence-electron chi connectivity index (χ0n) is 25.9. The molecule has 0 bridgehead atoms. The Morgan fingerprint density at radius 3 is 1.74 bits per heavy atom. The molecular formula is C35H37Cl2N7O2Pt. The minimum Gasteiger partial charge on any atom is -0.679 e. The van der Waals surface area contributed by atoms with Crippen molar-refractivity contribution >= 4 is 62.4 Å². The molecule has 0 saturated carbocycles. The first-order chi connectivity index (χ1) is 23.2. The minimum absolute atomic E-state index is 0.0370. The molecule has 0 aliphatic carbocycles. The van der Waals surface area contributed by atoms with Crippen molar-refractivity contribution in [2.45, 2.75) is 31.7 Å². The summed E-state index contributed by atoms with van der Waals surface area (Å²) in [5, 5.41) is 12.1. The van der Waals surface area contributed by atoms with Gasteiger partial charge in [0.25, 0.3) is 0 Å². The van der Waals surface area contributed by atoms with Crippen LogP contribution in [-0.2, 0) is 16.5 Å². The molecule has 6 aromatic rings. The van der Waals surface area contributed by atoms with E-state index in [-0.39, 0.29) is 6.04 Å². The summed E-state index contributed by atoms with van der Waals surface area (Å²) in [4.78, 5) is 18.4. The van der Waals surface area contributed by atoms with Crippen molar-refractivity contribution in [3.63, 3.8) is 0 Å². The van der Waals surface area contributed by atoms with Crippen LogP contribution >= 0.6 is 18.8 Å². The van der Waals surface area contributed by atoms with E-state index in [0.717, 1.165) is 82.4 Å².